The van der Waals surface area contributed by atoms with Crippen molar-refractivity contribution in [3.8, 4) is 0 Å². The number of carbonyl (C=O) groups excluding carboxylic acids is 1. The SMILES string of the molecule is CCOP(=O)(OCC)C(Cc1cccc(Cc2ccc(Cl)cc2)n1)C(=O)OC(C)(C)C. The Bertz CT molecular complexity index is 901. The number of halogens is 1. The summed E-state index contributed by atoms with van der Waals surface area (Å²) in [5.74, 6) is -0.623. The van der Waals surface area contributed by atoms with E-state index < -0.39 is 24.8 Å². The molecule has 0 aliphatic carbocycles. The summed E-state index contributed by atoms with van der Waals surface area (Å²) in [6, 6.07) is 13.1. The number of rotatable bonds is 10. The third-order valence-electron chi connectivity index (χ3n) is 4.24. The van der Waals surface area contributed by atoms with Gasteiger partial charge in [0.05, 0.1) is 13.2 Å². The lowest BCUT2D eigenvalue weighted by Gasteiger charge is -2.28. The van der Waals surface area contributed by atoms with Crippen molar-refractivity contribution in [3.63, 3.8) is 0 Å². The number of carbonyl (C=O) groups is 1. The Morgan fingerprint density at radius 3 is 2.16 bits per heavy atom. The highest BCUT2D eigenvalue weighted by Crippen LogP contribution is 2.54. The average molecular weight is 468 g/mol. The van der Waals surface area contributed by atoms with Gasteiger partial charge >= 0.3 is 13.6 Å². The monoisotopic (exact) mass is 467 g/mol. The van der Waals surface area contributed by atoms with Crippen molar-refractivity contribution in [3.05, 3.63) is 64.4 Å². The predicted molar refractivity (Wildman–Crippen MR) is 123 cm³/mol. The molecule has 8 heteroatoms. The van der Waals surface area contributed by atoms with Crippen LogP contribution >= 0.6 is 19.2 Å². The Hall–Kier alpha value is -1.72. The van der Waals surface area contributed by atoms with Crippen LogP contribution in [0.15, 0.2) is 42.5 Å². The van der Waals surface area contributed by atoms with Crippen molar-refractivity contribution < 1.29 is 23.1 Å². The van der Waals surface area contributed by atoms with Crippen molar-refractivity contribution in [1.29, 1.82) is 0 Å². The molecule has 31 heavy (non-hydrogen) atoms. The summed E-state index contributed by atoms with van der Waals surface area (Å²) < 4.78 is 29.9. The standard InChI is InChI=1S/C23H31ClNO5P/c1-6-28-31(27,29-7-2)21(22(26)30-23(3,4)5)16-20-10-8-9-19(25-20)15-17-11-13-18(24)14-12-17/h8-14,21H,6-7,15-16H2,1-5H3. The van der Waals surface area contributed by atoms with E-state index >= 15 is 0 Å². The first kappa shape index (κ1) is 25.5. The molecule has 0 N–H and O–H groups in total. The Morgan fingerprint density at radius 1 is 1.03 bits per heavy atom. The minimum atomic E-state index is -3.75. The number of hydrogen-bond donors (Lipinski definition) is 0. The van der Waals surface area contributed by atoms with Gasteiger partial charge in [-0.1, -0.05) is 29.8 Å². The van der Waals surface area contributed by atoms with Gasteiger partial charge in [0.2, 0.25) is 0 Å². The molecule has 0 fully saturated rings. The molecule has 170 valence electrons. The van der Waals surface area contributed by atoms with Gasteiger partial charge in [-0.25, -0.2) is 0 Å². The fraction of sp³-hybridized carbons (Fsp3) is 0.478. The summed E-state index contributed by atoms with van der Waals surface area (Å²) >= 11 is 5.96. The molecule has 2 aromatic rings. The van der Waals surface area contributed by atoms with E-state index in [2.05, 4.69) is 4.98 Å². The largest absolute Gasteiger partial charge is 0.459 e. The molecule has 0 amide bonds. The fourth-order valence-electron chi connectivity index (χ4n) is 3.02. The van der Waals surface area contributed by atoms with E-state index in [4.69, 9.17) is 25.4 Å². The quantitative estimate of drug-likeness (QED) is 0.322. The first-order valence-corrected chi connectivity index (χ1v) is 12.4. The molecule has 2 rings (SSSR count). The van der Waals surface area contributed by atoms with Crippen LogP contribution < -0.4 is 0 Å². The van der Waals surface area contributed by atoms with Gasteiger partial charge in [0.15, 0.2) is 5.66 Å². The zero-order valence-corrected chi connectivity index (χ0v) is 20.4. The molecule has 6 nitrogen and oxygen atoms in total. The highest BCUT2D eigenvalue weighted by molar-refractivity contribution is 7.55. The molecular weight excluding hydrogens is 437 g/mol. The molecule has 0 spiro atoms. The average Bonchev–Trinajstić information content (AvgIpc) is 2.67. The number of nitrogens with zero attached hydrogens (tertiary/aromatic N) is 1. The van der Waals surface area contributed by atoms with E-state index in [0.717, 1.165) is 11.3 Å². The lowest BCUT2D eigenvalue weighted by atomic mass is 10.1. The minimum absolute atomic E-state index is 0.0840. The van der Waals surface area contributed by atoms with Crippen LogP contribution in [0.4, 0.5) is 0 Å². The van der Waals surface area contributed by atoms with E-state index in [-0.39, 0.29) is 19.6 Å². The number of ether oxygens (including phenoxy) is 1. The number of esters is 1. The van der Waals surface area contributed by atoms with Gasteiger partial charge in [0.1, 0.15) is 5.60 Å². The summed E-state index contributed by atoms with van der Waals surface area (Å²) in [6.45, 7) is 9.02. The van der Waals surface area contributed by atoms with Crippen molar-refractivity contribution in [1.82, 2.24) is 4.98 Å². The van der Waals surface area contributed by atoms with Crippen molar-refractivity contribution in [2.45, 2.75) is 58.7 Å². The Labute approximate surface area is 189 Å². The van der Waals surface area contributed by atoms with E-state index in [9.17, 15) is 9.36 Å². The second-order valence-corrected chi connectivity index (χ2v) is 10.7. The van der Waals surface area contributed by atoms with Gasteiger partial charge in [-0.15, -0.1) is 0 Å². The number of pyridine rings is 1. The molecular formula is C23H31ClNO5P. The zero-order chi connectivity index (χ0) is 23.1. The highest BCUT2D eigenvalue weighted by atomic mass is 35.5. The summed E-state index contributed by atoms with van der Waals surface area (Å²) in [7, 11) is -3.75. The third kappa shape index (κ3) is 8.04. The van der Waals surface area contributed by atoms with E-state index in [1.54, 1.807) is 40.7 Å². The van der Waals surface area contributed by atoms with Crippen LogP contribution in [-0.4, -0.2) is 35.4 Å². The lowest BCUT2D eigenvalue weighted by molar-refractivity contribution is -0.154. The van der Waals surface area contributed by atoms with Crippen LogP contribution in [0.5, 0.6) is 0 Å². The first-order chi connectivity index (χ1) is 14.6. The molecule has 0 aliphatic heterocycles. The molecule has 0 saturated carbocycles. The number of hydrogen-bond acceptors (Lipinski definition) is 6. The van der Waals surface area contributed by atoms with E-state index in [0.29, 0.717) is 17.1 Å². The Kier molecular flexibility index (Phi) is 9.26. The molecule has 1 aromatic carbocycles. The predicted octanol–water partition coefficient (Wildman–Crippen LogP) is 5.84. The van der Waals surface area contributed by atoms with Crippen LogP contribution in [-0.2, 0) is 36.0 Å². The molecule has 0 aliphatic rings. The summed E-state index contributed by atoms with van der Waals surface area (Å²) in [5, 5.41) is 0.674. The molecule has 1 heterocycles. The van der Waals surface area contributed by atoms with E-state index in [1.807, 2.05) is 36.4 Å². The molecule has 1 unspecified atom stereocenters. The number of aromatic nitrogens is 1. The molecule has 0 saturated heterocycles. The maximum absolute atomic E-state index is 13.5. The fourth-order valence-corrected chi connectivity index (χ4v) is 5.02. The van der Waals surface area contributed by atoms with Crippen LogP contribution in [0, 0.1) is 0 Å². The smallest absolute Gasteiger partial charge is 0.345 e. The van der Waals surface area contributed by atoms with Crippen molar-refractivity contribution >= 4 is 25.2 Å². The van der Waals surface area contributed by atoms with Crippen molar-refractivity contribution in [2.75, 3.05) is 13.2 Å². The van der Waals surface area contributed by atoms with Crippen LogP contribution in [0.2, 0.25) is 5.02 Å². The molecule has 0 radical (unpaired) electrons. The minimum Gasteiger partial charge on any atom is -0.459 e. The van der Waals surface area contributed by atoms with Gasteiger partial charge in [-0.05, 0) is 64.4 Å². The normalized spacial score (nSPS) is 13.1. The van der Waals surface area contributed by atoms with Crippen molar-refractivity contribution in [2.24, 2.45) is 0 Å². The van der Waals surface area contributed by atoms with Gasteiger partial charge in [0, 0.05) is 29.3 Å². The highest BCUT2D eigenvalue weighted by Gasteiger charge is 2.43. The zero-order valence-electron chi connectivity index (χ0n) is 18.8. The summed E-state index contributed by atoms with van der Waals surface area (Å²) in [4.78, 5) is 17.6. The molecule has 0 bridgehead atoms. The maximum atomic E-state index is 13.5. The first-order valence-electron chi connectivity index (χ1n) is 10.4. The lowest BCUT2D eigenvalue weighted by Crippen LogP contribution is -2.34. The second-order valence-electron chi connectivity index (χ2n) is 8.05. The Balaban J connectivity index is 2.31. The molecule has 1 atom stereocenters. The number of benzene rings is 1. The maximum Gasteiger partial charge on any atom is 0.345 e. The van der Waals surface area contributed by atoms with Gasteiger partial charge in [0.25, 0.3) is 0 Å². The van der Waals surface area contributed by atoms with Crippen LogP contribution in [0.3, 0.4) is 0 Å². The van der Waals surface area contributed by atoms with Crippen LogP contribution in [0.1, 0.15) is 51.6 Å². The van der Waals surface area contributed by atoms with Gasteiger partial charge in [-0.2, -0.15) is 0 Å². The van der Waals surface area contributed by atoms with Gasteiger partial charge < -0.3 is 13.8 Å². The van der Waals surface area contributed by atoms with Gasteiger partial charge in [-0.3, -0.25) is 14.3 Å². The van der Waals surface area contributed by atoms with Crippen LogP contribution in [0.25, 0.3) is 0 Å². The topological polar surface area (TPSA) is 74.7 Å². The third-order valence-corrected chi connectivity index (χ3v) is 6.89. The molecule has 1 aromatic heterocycles. The second kappa shape index (κ2) is 11.2. The summed E-state index contributed by atoms with van der Waals surface area (Å²) in [6.07, 6.45) is 0.692. The summed E-state index contributed by atoms with van der Waals surface area (Å²) in [5.41, 5.74) is 0.659. The Morgan fingerprint density at radius 2 is 1.61 bits per heavy atom. The van der Waals surface area contributed by atoms with E-state index in [1.165, 1.54) is 0 Å².